The molecule has 1 aromatic carbocycles. The lowest BCUT2D eigenvalue weighted by Crippen LogP contribution is -2.02. The minimum Gasteiger partial charge on any atom is -0.497 e. The molecule has 0 amide bonds. The van der Waals surface area contributed by atoms with Crippen molar-refractivity contribution in [1.29, 1.82) is 0 Å². The number of ether oxygens (including phenoxy) is 2. The Morgan fingerprint density at radius 3 is 2.50 bits per heavy atom. The number of carbonyl (C=O) groups excluding carboxylic acids is 1. The summed E-state index contributed by atoms with van der Waals surface area (Å²) >= 11 is 0. The van der Waals surface area contributed by atoms with E-state index in [-0.39, 0.29) is 12.6 Å². The lowest BCUT2D eigenvalue weighted by molar-refractivity contribution is -0.137. The van der Waals surface area contributed by atoms with Gasteiger partial charge in [-0.25, -0.2) is 4.79 Å². The van der Waals surface area contributed by atoms with Crippen molar-refractivity contribution < 1.29 is 19.4 Å². The second-order valence-electron chi connectivity index (χ2n) is 4.41. The monoisotopic (exact) mass is 278 g/mol. The van der Waals surface area contributed by atoms with Crippen LogP contribution in [0, 0.1) is 0 Å². The smallest absolute Gasteiger partial charge is 0.330 e. The van der Waals surface area contributed by atoms with Crippen LogP contribution in [-0.4, -0.2) is 31.4 Å². The summed E-state index contributed by atoms with van der Waals surface area (Å²) in [6.45, 7) is 0.654. The normalized spacial score (nSPS) is 10.7. The predicted octanol–water partition coefficient (Wildman–Crippen LogP) is 2.80. The van der Waals surface area contributed by atoms with Gasteiger partial charge in [-0.1, -0.05) is 18.6 Å². The van der Waals surface area contributed by atoms with Gasteiger partial charge < -0.3 is 14.6 Å². The predicted molar refractivity (Wildman–Crippen MR) is 78.5 cm³/mol. The zero-order valence-corrected chi connectivity index (χ0v) is 11.9. The van der Waals surface area contributed by atoms with Gasteiger partial charge in [0.05, 0.1) is 13.7 Å². The van der Waals surface area contributed by atoms with Gasteiger partial charge in [-0.2, -0.15) is 0 Å². The van der Waals surface area contributed by atoms with Gasteiger partial charge in [-0.3, -0.25) is 0 Å². The van der Waals surface area contributed by atoms with Gasteiger partial charge in [-0.05, 0) is 43.0 Å². The Labute approximate surface area is 120 Å². The summed E-state index contributed by atoms with van der Waals surface area (Å²) in [4.78, 5) is 11.5. The van der Waals surface area contributed by atoms with Gasteiger partial charge >= 0.3 is 5.97 Å². The molecule has 1 aromatic rings. The van der Waals surface area contributed by atoms with Crippen LogP contribution in [0.4, 0.5) is 0 Å². The summed E-state index contributed by atoms with van der Waals surface area (Å²) in [5.41, 5.74) is 0.922. The summed E-state index contributed by atoms with van der Waals surface area (Å²) in [7, 11) is 1.61. The van der Waals surface area contributed by atoms with E-state index in [4.69, 9.17) is 14.6 Å². The molecule has 0 aliphatic carbocycles. The van der Waals surface area contributed by atoms with Crippen LogP contribution in [0.1, 0.15) is 31.2 Å². The van der Waals surface area contributed by atoms with Crippen LogP contribution in [0.2, 0.25) is 0 Å². The zero-order valence-electron chi connectivity index (χ0n) is 11.9. The Morgan fingerprint density at radius 1 is 1.15 bits per heavy atom. The summed E-state index contributed by atoms with van der Waals surface area (Å²) < 4.78 is 10.1. The van der Waals surface area contributed by atoms with Crippen molar-refractivity contribution in [1.82, 2.24) is 0 Å². The molecule has 0 aliphatic rings. The highest BCUT2D eigenvalue weighted by atomic mass is 16.5. The number of hydrogen-bond donors (Lipinski definition) is 1. The molecule has 1 N–H and O–H groups in total. The average Bonchev–Trinajstić information content (AvgIpc) is 2.49. The number of rotatable bonds is 9. The summed E-state index contributed by atoms with van der Waals surface area (Å²) in [6.07, 6.45) is 6.72. The van der Waals surface area contributed by atoms with Crippen LogP contribution in [0.25, 0.3) is 6.08 Å². The van der Waals surface area contributed by atoms with Crippen LogP contribution in [0.5, 0.6) is 5.75 Å². The molecule has 0 heterocycles. The first kappa shape index (κ1) is 16.2. The van der Waals surface area contributed by atoms with Crippen molar-refractivity contribution in [3.63, 3.8) is 0 Å². The van der Waals surface area contributed by atoms with E-state index in [1.165, 1.54) is 6.08 Å². The van der Waals surface area contributed by atoms with Crippen LogP contribution in [0.15, 0.2) is 30.3 Å². The third kappa shape index (κ3) is 6.95. The lowest BCUT2D eigenvalue weighted by Gasteiger charge is -2.02. The number of unbranched alkanes of at least 4 members (excludes halogenated alkanes) is 3. The van der Waals surface area contributed by atoms with E-state index >= 15 is 0 Å². The number of aliphatic hydroxyl groups is 1. The van der Waals surface area contributed by atoms with Crippen LogP contribution in [0.3, 0.4) is 0 Å². The van der Waals surface area contributed by atoms with Gasteiger partial charge in [0.1, 0.15) is 5.75 Å². The molecule has 110 valence electrons. The average molecular weight is 278 g/mol. The Hall–Kier alpha value is -1.81. The quantitative estimate of drug-likeness (QED) is 0.429. The maximum absolute atomic E-state index is 11.5. The Bertz CT molecular complexity index is 409. The molecule has 0 aromatic heterocycles. The molecule has 0 atom stereocenters. The second-order valence-corrected chi connectivity index (χ2v) is 4.41. The number of carbonyl (C=O) groups is 1. The lowest BCUT2D eigenvalue weighted by atomic mass is 10.2. The Balaban J connectivity index is 2.22. The van der Waals surface area contributed by atoms with Crippen molar-refractivity contribution in [2.45, 2.75) is 25.7 Å². The number of esters is 1. The van der Waals surface area contributed by atoms with E-state index in [2.05, 4.69) is 0 Å². The molecular weight excluding hydrogens is 256 g/mol. The molecule has 4 heteroatoms. The van der Waals surface area contributed by atoms with E-state index in [0.717, 1.165) is 37.0 Å². The first-order valence-electron chi connectivity index (χ1n) is 6.86. The third-order valence-corrected chi connectivity index (χ3v) is 2.82. The van der Waals surface area contributed by atoms with E-state index in [0.29, 0.717) is 6.61 Å². The summed E-state index contributed by atoms with van der Waals surface area (Å²) in [5.74, 6) is 0.454. The standard InChI is InChI=1S/C16H22O4/c1-19-15-9-6-14(7-10-15)8-11-16(18)20-13-5-3-2-4-12-17/h6-11,17H,2-5,12-13H2,1H3/b11-8+. The van der Waals surface area contributed by atoms with Crippen molar-refractivity contribution >= 4 is 12.0 Å². The highest BCUT2D eigenvalue weighted by Gasteiger charge is 1.97. The SMILES string of the molecule is COc1ccc(/C=C/C(=O)OCCCCCCO)cc1. The molecule has 0 saturated heterocycles. The van der Waals surface area contributed by atoms with Crippen LogP contribution < -0.4 is 4.74 Å². The Kier molecular flexibility index (Phi) is 8.15. The fourth-order valence-electron chi connectivity index (χ4n) is 1.67. The van der Waals surface area contributed by atoms with Crippen molar-refractivity contribution in [2.24, 2.45) is 0 Å². The van der Waals surface area contributed by atoms with Gasteiger partial charge in [0, 0.05) is 12.7 Å². The number of hydrogen-bond acceptors (Lipinski definition) is 4. The molecule has 0 spiro atoms. The highest BCUT2D eigenvalue weighted by Crippen LogP contribution is 2.12. The van der Waals surface area contributed by atoms with Gasteiger partial charge in [-0.15, -0.1) is 0 Å². The zero-order chi connectivity index (χ0) is 14.6. The van der Waals surface area contributed by atoms with Crippen molar-refractivity contribution in [2.75, 3.05) is 20.3 Å². The second kappa shape index (κ2) is 10.0. The van der Waals surface area contributed by atoms with Crippen molar-refractivity contribution in [3.8, 4) is 5.75 Å². The van der Waals surface area contributed by atoms with E-state index in [9.17, 15) is 4.79 Å². The van der Waals surface area contributed by atoms with Gasteiger partial charge in [0.25, 0.3) is 0 Å². The molecule has 0 bridgehead atoms. The molecular formula is C16H22O4. The van der Waals surface area contributed by atoms with E-state index < -0.39 is 0 Å². The number of methoxy groups -OCH3 is 1. The molecule has 4 nitrogen and oxygen atoms in total. The molecule has 0 saturated carbocycles. The maximum atomic E-state index is 11.5. The molecule has 0 aliphatic heterocycles. The fraction of sp³-hybridized carbons (Fsp3) is 0.438. The van der Waals surface area contributed by atoms with Gasteiger partial charge in [0.2, 0.25) is 0 Å². The third-order valence-electron chi connectivity index (χ3n) is 2.82. The molecule has 0 unspecified atom stereocenters. The molecule has 20 heavy (non-hydrogen) atoms. The summed E-state index contributed by atoms with van der Waals surface area (Å²) in [5, 5.41) is 8.62. The minimum atomic E-state index is -0.331. The maximum Gasteiger partial charge on any atom is 0.330 e. The number of aliphatic hydroxyl groups excluding tert-OH is 1. The molecule has 0 radical (unpaired) electrons. The first-order chi connectivity index (χ1) is 9.76. The molecule has 1 rings (SSSR count). The van der Waals surface area contributed by atoms with Crippen LogP contribution in [-0.2, 0) is 9.53 Å². The Morgan fingerprint density at radius 2 is 1.85 bits per heavy atom. The topological polar surface area (TPSA) is 55.8 Å². The minimum absolute atomic E-state index is 0.227. The largest absolute Gasteiger partial charge is 0.497 e. The van der Waals surface area contributed by atoms with E-state index in [1.807, 2.05) is 24.3 Å². The number of benzene rings is 1. The first-order valence-corrected chi connectivity index (χ1v) is 6.86. The summed E-state index contributed by atoms with van der Waals surface area (Å²) in [6, 6.07) is 7.42. The van der Waals surface area contributed by atoms with Crippen molar-refractivity contribution in [3.05, 3.63) is 35.9 Å². The fourth-order valence-corrected chi connectivity index (χ4v) is 1.67. The highest BCUT2D eigenvalue weighted by molar-refractivity contribution is 5.87. The van der Waals surface area contributed by atoms with E-state index in [1.54, 1.807) is 13.2 Å². The van der Waals surface area contributed by atoms with Gasteiger partial charge in [0.15, 0.2) is 0 Å². The van der Waals surface area contributed by atoms with Crippen LogP contribution >= 0.6 is 0 Å². The molecule has 0 fully saturated rings.